The van der Waals surface area contributed by atoms with Crippen molar-refractivity contribution in [2.45, 2.75) is 44.1 Å². The van der Waals surface area contributed by atoms with Crippen molar-refractivity contribution in [3.63, 3.8) is 0 Å². The summed E-state index contributed by atoms with van der Waals surface area (Å²) in [6.45, 7) is 0. The molecule has 3 aromatic rings. The maximum Gasteiger partial charge on any atom is 0.226 e. The van der Waals surface area contributed by atoms with Crippen LogP contribution < -0.4 is 14.8 Å². The molecule has 1 amide bonds. The van der Waals surface area contributed by atoms with Gasteiger partial charge in [0.25, 0.3) is 0 Å². The molecule has 0 radical (unpaired) electrons. The van der Waals surface area contributed by atoms with Crippen LogP contribution in [0.25, 0.3) is 5.82 Å². The lowest BCUT2D eigenvalue weighted by molar-refractivity contribution is -0.116. The lowest BCUT2D eigenvalue weighted by Crippen LogP contribution is -2.24. The van der Waals surface area contributed by atoms with E-state index in [0.717, 1.165) is 35.5 Å². The molecule has 7 heteroatoms. The fraction of sp³-hybridized carbons (Fsp3) is 0.348. The number of nitrogens with zero attached hydrogens (tertiary/aromatic N) is 3. The Hall–Kier alpha value is -3.35. The van der Waals surface area contributed by atoms with Crippen molar-refractivity contribution in [3.05, 3.63) is 59.9 Å². The summed E-state index contributed by atoms with van der Waals surface area (Å²) in [5, 5.41) is 7.47. The molecule has 1 unspecified atom stereocenters. The number of carbonyl (C=O) groups is 1. The first-order valence-corrected chi connectivity index (χ1v) is 10.4. The molecule has 30 heavy (non-hydrogen) atoms. The van der Waals surface area contributed by atoms with Gasteiger partial charge in [0.05, 0.1) is 19.4 Å². The fourth-order valence-electron chi connectivity index (χ4n) is 4.36. The van der Waals surface area contributed by atoms with Crippen LogP contribution in [0.5, 0.6) is 11.5 Å². The van der Waals surface area contributed by atoms with Crippen molar-refractivity contribution >= 4 is 11.7 Å². The number of carbonyl (C=O) groups excluding carboxylic acids is 1. The number of methoxy groups -OCH3 is 1. The van der Waals surface area contributed by atoms with Crippen molar-refractivity contribution in [2.24, 2.45) is 0 Å². The van der Waals surface area contributed by atoms with E-state index in [1.165, 1.54) is 12.8 Å². The Morgan fingerprint density at radius 2 is 2.00 bits per heavy atom. The first-order chi connectivity index (χ1) is 14.7. The van der Waals surface area contributed by atoms with Crippen LogP contribution >= 0.6 is 0 Å². The molecule has 1 aliphatic carbocycles. The van der Waals surface area contributed by atoms with E-state index >= 15 is 0 Å². The summed E-state index contributed by atoms with van der Waals surface area (Å²) in [5.74, 6) is 2.65. The van der Waals surface area contributed by atoms with Gasteiger partial charge in [-0.15, -0.1) is 0 Å². The summed E-state index contributed by atoms with van der Waals surface area (Å²) in [6.07, 6.45) is 8.65. The number of fused-ring (bicyclic) bond motifs is 1. The van der Waals surface area contributed by atoms with Gasteiger partial charge in [0.15, 0.2) is 17.3 Å². The topological polar surface area (TPSA) is 78.3 Å². The molecule has 0 saturated heterocycles. The maximum atomic E-state index is 12.5. The van der Waals surface area contributed by atoms with E-state index in [2.05, 4.69) is 15.4 Å². The number of hydrogen-bond donors (Lipinski definition) is 1. The molecule has 1 saturated carbocycles. The van der Waals surface area contributed by atoms with Gasteiger partial charge in [-0.1, -0.05) is 12.1 Å². The van der Waals surface area contributed by atoms with E-state index in [9.17, 15) is 4.79 Å². The molecular formula is C23H24N4O3. The second-order valence-electron chi connectivity index (χ2n) is 7.79. The van der Waals surface area contributed by atoms with Gasteiger partial charge in [-0.3, -0.25) is 4.79 Å². The Kier molecular flexibility index (Phi) is 4.86. The van der Waals surface area contributed by atoms with E-state index in [4.69, 9.17) is 9.47 Å². The van der Waals surface area contributed by atoms with Crippen molar-refractivity contribution < 1.29 is 14.3 Å². The van der Waals surface area contributed by atoms with Gasteiger partial charge in [-0.05, 0) is 55.5 Å². The number of benzene rings is 1. The summed E-state index contributed by atoms with van der Waals surface area (Å²) >= 11 is 0. The molecule has 154 valence electrons. The third kappa shape index (κ3) is 3.40. The van der Waals surface area contributed by atoms with Gasteiger partial charge in [0.1, 0.15) is 5.82 Å². The Labute approximate surface area is 175 Å². The van der Waals surface area contributed by atoms with E-state index < -0.39 is 0 Å². The average Bonchev–Trinajstić information content (AvgIpc) is 3.43. The number of anilines is 1. The highest BCUT2D eigenvalue weighted by molar-refractivity contribution is 5.94. The predicted octanol–water partition coefficient (Wildman–Crippen LogP) is 4.07. The van der Waals surface area contributed by atoms with Crippen LogP contribution in [0.15, 0.2) is 48.8 Å². The number of hydrogen-bond acceptors (Lipinski definition) is 5. The Bertz CT molecular complexity index is 1060. The lowest BCUT2D eigenvalue weighted by Gasteiger charge is -2.25. The Morgan fingerprint density at radius 1 is 1.13 bits per heavy atom. The maximum absolute atomic E-state index is 12.5. The third-order valence-corrected chi connectivity index (χ3v) is 5.87. The molecular weight excluding hydrogens is 380 g/mol. The van der Waals surface area contributed by atoms with Gasteiger partial charge < -0.3 is 14.8 Å². The number of ether oxygens (including phenoxy) is 2. The largest absolute Gasteiger partial charge is 0.493 e. The Morgan fingerprint density at radius 3 is 2.77 bits per heavy atom. The first kappa shape index (κ1) is 18.7. The zero-order valence-electron chi connectivity index (χ0n) is 16.9. The van der Waals surface area contributed by atoms with Gasteiger partial charge in [-0.25, -0.2) is 4.98 Å². The molecule has 1 aromatic carbocycles. The molecule has 3 heterocycles. The number of aromatic nitrogens is 3. The molecule has 1 aliphatic heterocycles. The first-order valence-electron chi connectivity index (χ1n) is 10.4. The summed E-state index contributed by atoms with van der Waals surface area (Å²) in [4.78, 5) is 16.9. The molecule has 1 N–H and O–H groups in total. The highest BCUT2D eigenvalue weighted by atomic mass is 16.5. The lowest BCUT2D eigenvalue weighted by atomic mass is 9.87. The Balaban J connectivity index is 1.52. The molecule has 0 bridgehead atoms. The van der Waals surface area contributed by atoms with Gasteiger partial charge >= 0.3 is 0 Å². The third-order valence-electron chi connectivity index (χ3n) is 5.87. The van der Waals surface area contributed by atoms with Gasteiger partial charge in [-0.2, -0.15) is 9.78 Å². The highest BCUT2D eigenvalue weighted by Crippen LogP contribution is 2.41. The van der Waals surface area contributed by atoms with Gasteiger partial charge in [0, 0.05) is 24.1 Å². The van der Waals surface area contributed by atoms with E-state index in [1.807, 2.05) is 42.6 Å². The highest BCUT2D eigenvalue weighted by Gasteiger charge is 2.31. The van der Waals surface area contributed by atoms with Crippen LogP contribution in [0.4, 0.5) is 5.82 Å². The van der Waals surface area contributed by atoms with Crippen LogP contribution in [-0.4, -0.2) is 33.9 Å². The number of pyridine rings is 1. The van der Waals surface area contributed by atoms with Crippen LogP contribution in [-0.2, 0) is 4.79 Å². The predicted molar refractivity (Wildman–Crippen MR) is 112 cm³/mol. The molecule has 2 aromatic heterocycles. The van der Waals surface area contributed by atoms with Crippen LogP contribution in [0, 0.1) is 0 Å². The zero-order chi connectivity index (χ0) is 20.5. The summed E-state index contributed by atoms with van der Waals surface area (Å²) in [6, 6.07) is 11.6. The number of amides is 1. The van der Waals surface area contributed by atoms with Crippen LogP contribution in [0.3, 0.4) is 0 Å². The van der Waals surface area contributed by atoms with Crippen molar-refractivity contribution in [2.75, 3.05) is 12.4 Å². The van der Waals surface area contributed by atoms with Crippen LogP contribution in [0.2, 0.25) is 0 Å². The quantitative estimate of drug-likeness (QED) is 0.694. The summed E-state index contributed by atoms with van der Waals surface area (Å²) in [7, 11) is 1.65. The van der Waals surface area contributed by atoms with Crippen molar-refractivity contribution in [1.82, 2.24) is 14.8 Å². The molecule has 2 aliphatic rings. The van der Waals surface area contributed by atoms with E-state index in [-0.39, 0.29) is 17.9 Å². The zero-order valence-corrected chi connectivity index (χ0v) is 16.9. The molecule has 5 rings (SSSR count). The molecule has 0 spiro atoms. The fourth-order valence-corrected chi connectivity index (χ4v) is 4.36. The molecule has 1 atom stereocenters. The summed E-state index contributed by atoms with van der Waals surface area (Å²) in [5.41, 5.74) is 1.98. The minimum Gasteiger partial charge on any atom is -0.493 e. The minimum atomic E-state index is -0.108. The smallest absolute Gasteiger partial charge is 0.226 e. The minimum absolute atomic E-state index is 0.0424. The summed E-state index contributed by atoms with van der Waals surface area (Å²) < 4.78 is 13.5. The van der Waals surface area contributed by atoms with Crippen molar-refractivity contribution in [1.29, 1.82) is 0 Å². The number of rotatable bonds is 5. The average molecular weight is 404 g/mol. The SMILES string of the molecule is COc1ccc(C2CC(=O)Nc3c2cnn3-c2ccccn2)cc1OC1CCCC1. The molecule has 7 nitrogen and oxygen atoms in total. The normalized spacial score (nSPS) is 18.7. The van der Waals surface area contributed by atoms with Gasteiger partial charge in [0.2, 0.25) is 5.91 Å². The standard InChI is InChI=1S/C23H24N4O3/c1-29-19-10-9-15(12-20(19)30-16-6-2-3-7-16)17-13-22(28)26-23-18(17)14-25-27(23)21-8-4-5-11-24-21/h4-5,8-12,14,16-17H,2-3,6-7,13H2,1H3,(H,26,28). The monoisotopic (exact) mass is 404 g/mol. The van der Waals surface area contributed by atoms with Crippen molar-refractivity contribution in [3.8, 4) is 17.3 Å². The number of nitrogens with one attached hydrogen (secondary N) is 1. The van der Waals surface area contributed by atoms with E-state index in [1.54, 1.807) is 18.0 Å². The van der Waals surface area contributed by atoms with Crippen LogP contribution in [0.1, 0.15) is 49.1 Å². The van der Waals surface area contributed by atoms with E-state index in [0.29, 0.717) is 18.1 Å². The molecule has 1 fully saturated rings. The second kappa shape index (κ2) is 7.82. The second-order valence-corrected chi connectivity index (χ2v) is 7.79.